The highest BCUT2D eigenvalue weighted by Crippen LogP contribution is 2.00. The summed E-state index contributed by atoms with van der Waals surface area (Å²) in [4.78, 5) is 34.9. The predicted molar refractivity (Wildman–Crippen MR) is 106 cm³/mol. The molecule has 0 unspecified atom stereocenters. The minimum atomic E-state index is -0.678. The van der Waals surface area contributed by atoms with E-state index in [1.165, 1.54) is 14.2 Å². The molecular weight excluding hydrogens is 402 g/mol. The smallest absolute Gasteiger partial charge is 0.407 e. The molecule has 0 heterocycles. The molecule has 0 saturated carbocycles. The summed E-state index contributed by atoms with van der Waals surface area (Å²) in [5.74, 6) is -0.116. The molecule has 0 aliphatic rings. The number of carbonyl (C=O) groups excluding carboxylic acids is 3. The van der Waals surface area contributed by atoms with Gasteiger partial charge in [0, 0.05) is 54.0 Å². The summed E-state index contributed by atoms with van der Waals surface area (Å²) >= 11 is 0. The van der Waals surface area contributed by atoms with Crippen molar-refractivity contribution in [1.29, 1.82) is 0 Å². The molecule has 0 atom stereocenters. The molecule has 0 spiro atoms. The van der Waals surface area contributed by atoms with Crippen molar-refractivity contribution in [1.82, 2.24) is 16.0 Å². The van der Waals surface area contributed by atoms with Gasteiger partial charge in [-0.15, -0.1) is 0 Å². The summed E-state index contributed by atoms with van der Waals surface area (Å²) in [5, 5.41) is 7.72. The lowest BCUT2D eigenvalue weighted by Gasteiger charge is -2.18. The van der Waals surface area contributed by atoms with Crippen LogP contribution in [-0.4, -0.2) is 105 Å². The van der Waals surface area contributed by atoms with Crippen molar-refractivity contribution in [2.45, 2.75) is 18.9 Å². The third-order valence-electron chi connectivity index (χ3n) is 3.48. The highest BCUT2D eigenvalue weighted by Gasteiger charge is 2.16. The second-order valence-corrected chi connectivity index (χ2v) is 5.98. The molecule has 30 heavy (non-hydrogen) atoms. The second-order valence-electron chi connectivity index (χ2n) is 5.98. The molecule has 0 aromatic heterocycles. The lowest BCUT2D eigenvalue weighted by molar-refractivity contribution is -0.121. The Hall–Kier alpha value is -2.15. The van der Waals surface area contributed by atoms with Crippen molar-refractivity contribution < 1.29 is 42.8 Å². The molecule has 0 saturated heterocycles. The quantitative estimate of drug-likeness (QED) is 0.245. The Morgan fingerprint density at radius 3 is 1.63 bits per heavy atom. The molecular formula is C18H35N3O9. The second kappa shape index (κ2) is 20.1. The van der Waals surface area contributed by atoms with Crippen LogP contribution in [0.2, 0.25) is 0 Å². The highest BCUT2D eigenvalue weighted by molar-refractivity contribution is 5.75. The summed E-state index contributed by atoms with van der Waals surface area (Å²) < 4.78 is 30.3. The maximum absolute atomic E-state index is 11.6. The molecule has 0 radical (unpaired) electrons. The van der Waals surface area contributed by atoms with Gasteiger partial charge >= 0.3 is 12.2 Å². The average molecular weight is 437 g/mol. The Labute approximate surface area is 177 Å². The number of hydrogen-bond acceptors (Lipinski definition) is 9. The van der Waals surface area contributed by atoms with Gasteiger partial charge < -0.3 is 44.4 Å². The first kappa shape index (κ1) is 27.8. The van der Waals surface area contributed by atoms with E-state index < -0.39 is 18.3 Å². The van der Waals surface area contributed by atoms with E-state index in [1.807, 2.05) is 0 Å². The number of carbonyl (C=O) groups is 3. The van der Waals surface area contributed by atoms with E-state index in [1.54, 1.807) is 7.11 Å². The molecule has 0 aliphatic heterocycles. The highest BCUT2D eigenvalue weighted by atomic mass is 16.6. The fraction of sp³-hybridized carbons (Fsp3) is 0.833. The Balaban J connectivity index is 4.26. The van der Waals surface area contributed by atoms with Gasteiger partial charge in [0.2, 0.25) is 5.91 Å². The van der Waals surface area contributed by atoms with Gasteiger partial charge in [-0.2, -0.15) is 0 Å². The van der Waals surface area contributed by atoms with Crippen molar-refractivity contribution in [3.05, 3.63) is 0 Å². The molecule has 0 fully saturated rings. The average Bonchev–Trinajstić information content (AvgIpc) is 2.73. The number of rotatable bonds is 18. The van der Waals surface area contributed by atoms with Crippen molar-refractivity contribution in [3.8, 4) is 0 Å². The molecule has 176 valence electrons. The molecule has 0 aromatic carbocycles. The minimum Gasteiger partial charge on any atom is -0.447 e. The van der Waals surface area contributed by atoms with E-state index in [9.17, 15) is 14.4 Å². The summed E-state index contributed by atoms with van der Waals surface area (Å²) in [7, 11) is 4.59. The van der Waals surface area contributed by atoms with Crippen LogP contribution in [0.1, 0.15) is 12.8 Å². The topological polar surface area (TPSA) is 143 Å². The van der Waals surface area contributed by atoms with E-state index >= 15 is 0 Å². The molecule has 0 aromatic rings. The van der Waals surface area contributed by atoms with Crippen molar-refractivity contribution in [2.75, 3.05) is 80.6 Å². The summed E-state index contributed by atoms with van der Waals surface area (Å²) in [6.45, 7) is 2.18. The number of hydrogen-bond donors (Lipinski definition) is 3. The van der Waals surface area contributed by atoms with Crippen molar-refractivity contribution in [3.63, 3.8) is 0 Å². The molecule has 0 aliphatic carbocycles. The zero-order valence-electron chi connectivity index (χ0n) is 18.0. The van der Waals surface area contributed by atoms with E-state index in [0.717, 1.165) is 0 Å². The Bertz CT molecular complexity index is 440. The molecule has 0 bridgehead atoms. The summed E-state index contributed by atoms with van der Waals surface area (Å²) in [6, 6.07) is 0. The number of alkyl carbamates (subject to hydrolysis) is 2. The first-order valence-corrected chi connectivity index (χ1v) is 9.69. The first-order chi connectivity index (χ1) is 14.5. The first-order valence-electron chi connectivity index (χ1n) is 9.69. The Morgan fingerprint density at radius 2 is 1.17 bits per heavy atom. The summed E-state index contributed by atoms with van der Waals surface area (Å²) in [6.07, 6.45) is -1.23. The van der Waals surface area contributed by atoms with E-state index in [0.29, 0.717) is 45.9 Å². The van der Waals surface area contributed by atoms with Crippen LogP contribution in [0.3, 0.4) is 0 Å². The number of amides is 3. The van der Waals surface area contributed by atoms with Gasteiger partial charge in [0.1, 0.15) is 19.3 Å². The molecule has 12 nitrogen and oxygen atoms in total. The monoisotopic (exact) mass is 437 g/mol. The Kier molecular flexibility index (Phi) is 18.7. The van der Waals surface area contributed by atoms with Crippen LogP contribution in [0, 0.1) is 0 Å². The number of ether oxygens (including phenoxy) is 6. The van der Waals surface area contributed by atoms with Crippen LogP contribution in [-0.2, 0) is 33.2 Å². The van der Waals surface area contributed by atoms with Crippen LogP contribution >= 0.6 is 0 Å². The largest absolute Gasteiger partial charge is 0.447 e. The fourth-order valence-corrected chi connectivity index (χ4v) is 1.96. The SMILES string of the molecule is COCCNC(=O)CCCOC(COC(=O)NCCOC)COC(=O)NCCOC. The lowest BCUT2D eigenvalue weighted by atomic mass is 10.3. The van der Waals surface area contributed by atoms with Gasteiger partial charge in [-0.3, -0.25) is 4.79 Å². The van der Waals surface area contributed by atoms with Gasteiger partial charge in [-0.25, -0.2) is 9.59 Å². The van der Waals surface area contributed by atoms with Gasteiger partial charge in [0.25, 0.3) is 0 Å². The molecule has 3 N–H and O–H groups in total. The molecule has 3 amide bonds. The van der Waals surface area contributed by atoms with Crippen LogP contribution in [0.4, 0.5) is 9.59 Å². The minimum absolute atomic E-state index is 0.116. The predicted octanol–water partition coefficient (Wildman–Crippen LogP) is -0.340. The van der Waals surface area contributed by atoms with Gasteiger partial charge in [-0.1, -0.05) is 0 Å². The number of methoxy groups -OCH3 is 3. The van der Waals surface area contributed by atoms with E-state index in [-0.39, 0.29) is 32.1 Å². The lowest BCUT2D eigenvalue weighted by Crippen LogP contribution is -2.35. The normalized spacial score (nSPS) is 10.5. The van der Waals surface area contributed by atoms with Crippen LogP contribution < -0.4 is 16.0 Å². The third kappa shape index (κ3) is 17.9. The van der Waals surface area contributed by atoms with Crippen molar-refractivity contribution >= 4 is 18.1 Å². The van der Waals surface area contributed by atoms with E-state index in [4.69, 9.17) is 28.4 Å². The van der Waals surface area contributed by atoms with Gasteiger partial charge in [0.15, 0.2) is 0 Å². The third-order valence-corrected chi connectivity index (χ3v) is 3.48. The standard InChI is InChI=1S/C18H35N3O9/c1-25-10-6-19-16(22)5-4-9-28-15(13-29-17(23)20-7-11-26-2)14-30-18(24)21-8-12-27-3/h15H,4-14H2,1-3H3,(H,19,22)(H,20,23)(H,21,24). The zero-order chi connectivity index (χ0) is 22.5. The van der Waals surface area contributed by atoms with Crippen molar-refractivity contribution in [2.24, 2.45) is 0 Å². The molecule has 12 heteroatoms. The maximum atomic E-state index is 11.6. The number of nitrogens with one attached hydrogen (secondary N) is 3. The summed E-state index contributed by atoms with van der Waals surface area (Å²) in [5.41, 5.74) is 0. The van der Waals surface area contributed by atoms with E-state index in [2.05, 4.69) is 16.0 Å². The van der Waals surface area contributed by atoms with Crippen LogP contribution in [0.25, 0.3) is 0 Å². The Morgan fingerprint density at radius 1 is 0.700 bits per heavy atom. The zero-order valence-corrected chi connectivity index (χ0v) is 18.0. The van der Waals surface area contributed by atoms with Crippen LogP contribution in [0.15, 0.2) is 0 Å². The fourth-order valence-electron chi connectivity index (χ4n) is 1.96. The van der Waals surface area contributed by atoms with Gasteiger partial charge in [0.05, 0.1) is 19.8 Å². The van der Waals surface area contributed by atoms with Crippen LogP contribution in [0.5, 0.6) is 0 Å². The molecule has 0 rings (SSSR count). The van der Waals surface area contributed by atoms with Gasteiger partial charge in [-0.05, 0) is 6.42 Å². The maximum Gasteiger partial charge on any atom is 0.407 e.